The molecule has 1 aromatic carbocycles. The monoisotopic (exact) mass is 306 g/mol. The predicted molar refractivity (Wildman–Crippen MR) is 88.2 cm³/mol. The van der Waals surface area contributed by atoms with Gasteiger partial charge in [-0.15, -0.1) is 0 Å². The maximum atomic E-state index is 11.9. The summed E-state index contributed by atoms with van der Waals surface area (Å²) < 4.78 is 5.38. The minimum absolute atomic E-state index is 0.0371. The summed E-state index contributed by atoms with van der Waals surface area (Å²) in [5.74, 6) is 0.451. The van der Waals surface area contributed by atoms with E-state index in [1.807, 2.05) is 6.92 Å². The normalized spacial score (nSPS) is 10.1. The van der Waals surface area contributed by atoms with Crippen LogP contribution in [0.3, 0.4) is 0 Å². The number of benzene rings is 1. The standard InChI is InChI=1S/C17H26N2O3/c1-4-6-7-12-18-17(21)13-19(14(3)20)15-8-10-16(11-9-15)22-5-2/h8-11H,4-7,12-13H2,1-3H3,(H,18,21). The molecule has 0 heterocycles. The predicted octanol–water partition coefficient (Wildman–Crippen LogP) is 2.74. The summed E-state index contributed by atoms with van der Waals surface area (Å²) >= 11 is 0. The summed E-state index contributed by atoms with van der Waals surface area (Å²) in [7, 11) is 0. The molecule has 1 N–H and O–H groups in total. The molecule has 22 heavy (non-hydrogen) atoms. The second kappa shape index (κ2) is 9.82. The van der Waals surface area contributed by atoms with Crippen LogP contribution in [0.4, 0.5) is 5.69 Å². The van der Waals surface area contributed by atoms with Crippen LogP contribution in [0.1, 0.15) is 40.0 Å². The van der Waals surface area contributed by atoms with E-state index in [1.54, 1.807) is 24.3 Å². The topological polar surface area (TPSA) is 58.6 Å². The molecular formula is C17H26N2O3. The Bertz CT molecular complexity index is 471. The van der Waals surface area contributed by atoms with Gasteiger partial charge in [-0.1, -0.05) is 19.8 Å². The fourth-order valence-corrected chi connectivity index (χ4v) is 2.08. The van der Waals surface area contributed by atoms with Gasteiger partial charge in [0, 0.05) is 19.2 Å². The summed E-state index contributed by atoms with van der Waals surface area (Å²) in [6.45, 7) is 6.78. The van der Waals surface area contributed by atoms with Crippen LogP contribution in [-0.2, 0) is 9.59 Å². The van der Waals surface area contributed by atoms with Gasteiger partial charge in [0.2, 0.25) is 11.8 Å². The third-order valence-electron chi connectivity index (χ3n) is 3.24. The van der Waals surface area contributed by atoms with Crippen LogP contribution in [0.2, 0.25) is 0 Å². The van der Waals surface area contributed by atoms with Crippen LogP contribution in [0.5, 0.6) is 5.75 Å². The van der Waals surface area contributed by atoms with Gasteiger partial charge in [-0.05, 0) is 37.6 Å². The number of ether oxygens (including phenoxy) is 1. The van der Waals surface area contributed by atoms with E-state index in [1.165, 1.54) is 11.8 Å². The number of hydrogen-bond acceptors (Lipinski definition) is 3. The van der Waals surface area contributed by atoms with Crippen molar-refractivity contribution in [2.24, 2.45) is 0 Å². The van der Waals surface area contributed by atoms with Crippen LogP contribution in [0.25, 0.3) is 0 Å². The number of carbonyl (C=O) groups excluding carboxylic acids is 2. The van der Waals surface area contributed by atoms with Gasteiger partial charge in [0.25, 0.3) is 0 Å². The molecule has 1 aromatic rings. The zero-order valence-electron chi connectivity index (χ0n) is 13.7. The summed E-state index contributed by atoms with van der Waals surface area (Å²) in [5.41, 5.74) is 0.694. The van der Waals surface area contributed by atoms with Crippen molar-refractivity contribution in [2.75, 3.05) is 24.6 Å². The fraction of sp³-hybridized carbons (Fsp3) is 0.529. The van der Waals surface area contributed by atoms with Crippen molar-refractivity contribution >= 4 is 17.5 Å². The fourth-order valence-electron chi connectivity index (χ4n) is 2.08. The molecule has 5 nitrogen and oxygen atoms in total. The van der Waals surface area contributed by atoms with E-state index in [0.717, 1.165) is 25.0 Å². The van der Waals surface area contributed by atoms with E-state index in [2.05, 4.69) is 12.2 Å². The molecule has 0 bridgehead atoms. The molecule has 0 saturated carbocycles. The highest BCUT2D eigenvalue weighted by molar-refractivity contribution is 5.97. The van der Waals surface area contributed by atoms with Gasteiger partial charge >= 0.3 is 0 Å². The zero-order chi connectivity index (χ0) is 16.4. The van der Waals surface area contributed by atoms with Gasteiger partial charge in [-0.2, -0.15) is 0 Å². The van der Waals surface area contributed by atoms with Crippen molar-refractivity contribution < 1.29 is 14.3 Å². The summed E-state index contributed by atoms with van der Waals surface area (Å²) in [5, 5.41) is 2.85. The summed E-state index contributed by atoms with van der Waals surface area (Å²) in [6, 6.07) is 7.18. The lowest BCUT2D eigenvalue weighted by molar-refractivity contribution is -0.123. The molecule has 0 aliphatic carbocycles. The first kappa shape index (κ1) is 18.0. The number of nitrogens with one attached hydrogen (secondary N) is 1. The first-order valence-electron chi connectivity index (χ1n) is 7.86. The first-order chi connectivity index (χ1) is 10.6. The third-order valence-corrected chi connectivity index (χ3v) is 3.24. The summed E-state index contributed by atoms with van der Waals surface area (Å²) in [4.78, 5) is 25.2. The lowest BCUT2D eigenvalue weighted by Crippen LogP contribution is -2.40. The van der Waals surface area contributed by atoms with E-state index in [-0.39, 0.29) is 18.4 Å². The second-order valence-electron chi connectivity index (χ2n) is 5.09. The lowest BCUT2D eigenvalue weighted by Gasteiger charge is -2.21. The molecule has 5 heteroatoms. The smallest absolute Gasteiger partial charge is 0.240 e. The number of nitrogens with zero attached hydrogens (tertiary/aromatic N) is 1. The van der Waals surface area contributed by atoms with Crippen molar-refractivity contribution in [1.29, 1.82) is 0 Å². The van der Waals surface area contributed by atoms with Crippen molar-refractivity contribution in [1.82, 2.24) is 5.32 Å². The van der Waals surface area contributed by atoms with Crippen molar-refractivity contribution in [2.45, 2.75) is 40.0 Å². The highest BCUT2D eigenvalue weighted by Gasteiger charge is 2.15. The Morgan fingerprint density at radius 1 is 1.14 bits per heavy atom. The maximum Gasteiger partial charge on any atom is 0.240 e. The largest absolute Gasteiger partial charge is 0.494 e. The molecule has 0 saturated heterocycles. The second-order valence-corrected chi connectivity index (χ2v) is 5.09. The molecule has 0 aliphatic rings. The molecule has 0 unspecified atom stereocenters. The zero-order valence-corrected chi connectivity index (χ0v) is 13.7. The Morgan fingerprint density at radius 2 is 1.82 bits per heavy atom. The highest BCUT2D eigenvalue weighted by Crippen LogP contribution is 2.19. The Labute approximate surface area is 132 Å². The quantitative estimate of drug-likeness (QED) is 0.714. The molecule has 0 spiro atoms. The molecular weight excluding hydrogens is 280 g/mol. The van der Waals surface area contributed by atoms with E-state index in [0.29, 0.717) is 18.8 Å². The lowest BCUT2D eigenvalue weighted by atomic mass is 10.2. The van der Waals surface area contributed by atoms with E-state index < -0.39 is 0 Å². The highest BCUT2D eigenvalue weighted by atomic mass is 16.5. The Balaban J connectivity index is 2.61. The molecule has 2 amide bonds. The minimum Gasteiger partial charge on any atom is -0.494 e. The van der Waals surface area contributed by atoms with Crippen molar-refractivity contribution in [3.05, 3.63) is 24.3 Å². The van der Waals surface area contributed by atoms with Crippen LogP contribution in [-0.4, -0.2) is 31.5 Å². The van der Waals surface area contributed by atoms with Crippen LogP contribution < -0.4 is 15.0 Å². The Hall–Kier alpha value is -2.04. The first-order valence-corrected chi connectivity index (χ1v) is 7.86. The van der Waals surface area contributed by atoms with E-state index in [9.17, 15) is 9.59 Å². The Kier molecular flexibility index (Phi) is 8.04. The number of amides is 2. The van der Waals surface area contributed by atoms with E-state index in [4.69, 9.17) is 4.74 Å². The van der Waals surface area contributed by atoms with Gasteiger partial charge in [0.1, 0.15) is 12.3 Å². The molecule has 0 atom stereocenters. The van der Waals surface area contributed by atoms with Gasteiger partial charge in [0.05, 0.1) is 6.61 Å². The third kappa shape index (κ3) is 6.16. The average molecular weight is 306 g/mol. The minimum atomic E-state index is -0.159. The molecule has 0 radical (unpaired) electrons. The van der Waals surface area contributed by atoms with Crippen LogP contribution in [0.15, 0.2) is 24.3 Å². The maximum absolute atomic E-state index is 11.9. The Morgan fingerprint density at radius 3 is 2.36 bits per heavy atom. The van der Waals surface area contributed by atoms with Gasteiger partial charge in [-0.25, -0.2) is 0 Å². The van der Waals surface area contributed by atoms with E-state index >= 15 is 0 Å². The van der Waals surface area contributed by atoms with Gasteiger partial charge in [0.15, 0.2) is 0 Å². The molecule has 122 valence electrons. The van der Waals surface area contributed by atoms with Crippen LogP contribution >= 0.6 is 0 Å². The van der Waals surface area contributed by atoms with Crippen molar-refractivity contribution in [3.63, 3.8) is 0 Å². The van der Waals surface area contributed by atoms with Gasteiger partial charge < -0.3 is 15.0 Å². The molecule has 1 rings (SSSR count). The van der Waals surface area contributed by atoms with Gasteiger partial charge in [-0.3, -0.25) is 9.59 Å². The SMILES string of the molecule is CCCCCNC(=O)CN(C(C)=O)c1ccc(OCC)cc1. The molecule has 0 fully saturated rings. The van der Waals surface area contributed by atoms with Crippen LogP contribution in [0, 0.1) is 0 Å². The number of carbonyl (C=O) groups is 2. The van der Waals surface area contributed by atoms with Crippen molar-refractivity contribution in [3.8, 4) is 5.75 Å². The molecule has 0 aromatic heterocycles. The number of hydrogen-bond donors (Lipinski definition) is 1. The summed E-state index contributed by atoms with van der Waals surface area (Å²) in [6.07, 6.45) is 3.17. The average Bonchev–Trinajstić information content (AvgIpc) is 2.50. The molecule has 0 aliphatic heterocycles. The number of anilines is 1. The number of rotatable bonds is 9. The number of unbranched alkanes of at least 4 members (excludes halogenated alkanes) is 2.